The van der Waals surface area contributed by atoms with Crippen LogP contribution in [0.5, 0.6) is 11.5 Å². The Morgan fingerprint density at radius 1 is 1.30 bits per heavy atom. The first-order chi connectivity index (χ1) is 12.9. The highest BCUT2D eigenvalue weighted by Gasteiger charge is 2.19. The number of nitrogens with two attached hydrogens (primary N) is 1. The summed E-state index contributed by atoms with van der Waals surface area (Å²) in [7, 11) is 0. The van der Waals surface area contributed by atoms with Crippen molar-refractivity contribution in [2.24, 2.45) is 5.73 Å². The third-order valence-corrected chi connectivity index (χ3v) is 4.37. The van der Waals surface area contributed by atoms with Gasteiger partial charge in [-0.2, -0.15) is 0 Å². The van der Waals surface area contributed by atoms with Crippen LogP contribution < -0.4 is 15.8 Å². The lowest BCUT2D eigenvalue weighted by atomic mass is 10.0. The predicted molar refractivity (Wildman–Crippen MR) is 104 cm³/mol. The zero-order valence-electron chi connectivity index (χ0n) is 15.6. The van der Waals surface area contributed by atoms with Crippen molar-refractivity contribution in [2.45, 2.75) is 39.3 Å². The Morgan fingerprint density at radius 2 is 2.04 bits per heavy atom. The third-order valence-electron chi connectivity index (χ3n) is 4.07. The number of rotatable bonds is 7. The summed E-state index contributed by atoms with van der Waals surface area (Å²) in [5, 5.41) is 2.72. The van der Waals surface area contributed by atoms with Gasteiger partial charge < -0.3 is 20.5 Å². The molecule has 0 unspecified atom stereocenters. The fourth-order valence-corrected chi connectivity index (χ4v) is 2.70. The maximum Gasteiger partial charge on any atom is 0.407 e. The van der Waals surface area contributed by atoms with Crippen molar-refractivity contribution in [3.8, 4) is 11.5 Å². The summed E-state index contributed by atoms with van der Waals surface area (Å²) in [4.78, 5) is 11.6. The first-order valence-electron chi connectivity index (χ1n) is 8.83. The number of alkyl carbamates (subject to hydrolysis) is 1. The fourth-order valence-electron chi connectivity index (χ4n) is 2.51. The molecule has 0 aliphatic rings. The average molecular weight is 395 g/mol. The van der Waals surface area contributed by atoms with Crippen molar-refractivity contribution in [1.29, 1.82) is 0 Å². The molecule has 3 N–H and O–H groups in total. The van der Waals surface area contributed by atoms with E-state index in [9.17, 15) is 9.18 Å². The van der Waals surface area contributed by atoms with Crippen molar-refractivity contribution in [1.82, 2.24) is 5.32 Å². The monoisotopic (exact) mass is 394 g/mol. The minimum Gasteiger partial charge on any atom is -0.453 e. The van der Waals surface area contributed by atoms with Crippen LogP contribution in [0.3, 0.4) is 0 Å². The van der Waals surface area contributed by atoms with Gasteiger partial charge in [0.25, 0.3) is 0 Å². The first kappa shape index (κ1) is 21.0. The highest BCUT2D eigenvalue weighted by molar-refractivity contribution is 6.32. The van der Waals surface area contributed by atoms with E-state index in [1.54, 1.807) is 50.2 Å². The van der Waals surface area contributed by atoms with E-state index in [4.69, 9.17) is 26.8 Å². The fraction of sp³-hybridized carbons (Fsp3) is 0.350. The number of nitrogens with one attached hydrogen (secondary N) is 1. The SMILES string of the molecule is CCNC(=O)O[C@H](C)c1cccc(Oc2c(Cl)ccc([C@@H](N)CC)c2F)c1. The summed E-state index contributed by atoms with van der Waals surface area (Å²) in [6.45, 7) is 5.89. The molecule has 0 bridgehead atoms. The Bertz CT molecular complexity index is 801. The quantitative estimate of drug-likeness (QED) is 0.651. The molecular weight excluding hydrogens is 371 g/mol. The van der Waals surface area contributed by atoms with E-state index in [0.717, 1.165) is 0 Å². The Morgan fingerprint density at radius 3 is 2.70 bits per heavy atom. The number of halogens is 2. The molecule has 1 amide bonds. The molecular formula is C20H24ClFN2O3. The van der Waals surface area contributed by atoms with Crippen LogP contribution in [0.15, 0.2) is 36.4 Å². The van der Waals surface area contributed by atoms with Gasteiger partial charge in [0.05, 0.1) is 5.02 Å². The second kappa shape index (κ2) is 9.58. The van der Waals surface area contributed by atoms with Crippen LogP contribution >= 0.6 is 11.6 Å². The zero-order valence-corrected chi connectivity index (χ0v) is 16.3. The van der Waals surface area contributed by atoms with Crippen molar-refractivity contribution in [3.05, 3.63) is 58.4 Å². The van der Waals surface area contributed by atoms with E-state index in [0.29, 0.717) is 29.8 Å². The highest BCUT2D eigenvalue weighted by Crippen LogP contribution is 2.36. The smallest absolute Gasteiger partial charge is 0.407 e. The van der Waals surface area contributed by atoms with Crippen LogP contribution in [0.25, 0.3) is 0 Å². The van der Waals surface area contributed by atoms with Gasteiger partial charge in [-0.3, -0.25) is 0 Å². The maximum absolute atomic E-state index is 14.8. The lowest BCUT2D eigenvalue weighted by molar-refractivity contribution is 0.107. The van der Waals surface area contributed by atoms with Crippen LogP contribution in [0, 0.1) is 5.82 Å². The van der Waals surface area contributed by atoms with Crippen LogP contribution in [0.2, 0.25) is 5.02 Å². The second-order valence-electron chi connectivity index (χ2n) is 6.05. The van der Waals surface area contributed by atoms with Gasteiger partial charge in [-0.1, -0.05) is 36.7 Å². The second-order valence-corrected chi connectivity index (χ2v) is 6.45. The molecule has 0 radical (unpaired) electrons. The van der Waals surface area contributed by atoms with E-state index >= 15 is 0 Å². The van der Waals surface area contributed by atoms with Gasteiger partial charge in [0, 0.05) is 18.2 Å². The molecule has 0 aliphatic heterocycles. The molecule has 0 aromatic heterocycles. The maximum atomic E-state index is 14.8. The number of hydrogen-bond donors (Lipinski definition) is 2. The van der Waals surface area contributed by atoms with Gasteiger partial charge in [0.15, 0.2) is 11.6 Å². The molecule has 2 aromatic carbocycles. The molecule has 2 rings (SSSR count). The van der Waals surface area contributed by atoms with Crippen LogP contribution in [-0.4, -0.2) is 12.6 Å². The zero-order chi connectivity index (χ0) is 20.0. The average Bonchev–Trinajstić information content (AvgIpc) is 2.65. The summed E-state index contributed by atoms with van der Waals surface area (Å²) in [6, 6.07) is 9.55. The van der Waals surface area contributed by atoms with E-state index in [1.807, 2.05) is 6.92 Å². The molecule has 0 saturated carbocycles. The Balaban J connectivity index is 2.25. The number of ether oxygens (including phenoxy) is 2. The minimum atomic E-state index is -0.575. The normalized spacial score (nSPS) is 13.0. The van der Waals surface area contributed by atoms with E-state index in [2.05, 4.69) is 5.32 Å². The largest absolute Gasteiger partial charge is 0.453 e. The molecule has 2 atom stereocenters. The Kier molecular flexibility index (Phi) is 7.45. The van der Waals surface area contributed by atoms with E-state index in [-0.39, 0.29) is 10.8 Å². The predicted octanol–water partition coefficient (Wildman–Crippen LogP) is 5.49. The number of carbonyl (C=O) groups is 1. The molecule has 146 valence electrons. The Labute approximate surface area is 163 Å². The lowest BCUT2D eigenvalue weighted by Gasteiger charge is -2.17. The summed E-state index contributed by atoms with van der Waals surface area (Å²) in [5.74, 6) is -0.275. The van der Waals surface area contributed by atoms with E-state index in [1.165, 1.54) is 0 Å². The molecule has 2 aromatic rings. The molecule has 0 spiro atoms. The van der Waals surface area contributed by atoms with Crippen molar-refractivity contribution >= 4 is 17.7 Å². The molecule has 27 heavy (non-hydrogen) atoms. The molecule has 0 heterocycles. The van der Waals surface area contributed by atoms with E-state index < -0.39 is 24.1 Å². The first-order valence-corrected chi connectivity index (χ1v) is 9.20. The summed E-state index contributed by atoms with van der Waals surface area (Å²) < 4.78 is 25.8. The van der Waals surface area contributed by atoms with Crippen LogP contribution in [0.1, 0.15) is 50.5 Å². The molecule has 0 aliphatic carbocycles. The molecule has 7 heteroatoms. The third kappa shape index (κ3) is 5.34. The number of amides is 1. The molecule has 0 fully saturated rings. The highest BCUT2D eigenvalue weighted by atomic mass is 35.5. The van der Waals surface area contributed by atoms with Gasteiger partial charge in [0.1, 0.15) is 11.9 Å². The molecule has 0 saturated heterocycles. The van der Waals surface area contributed by atoms with Crippen molar-refractivity contribution < 1.29 is 18.7 Å². The molecule has 5 nitrogen and oxygen atoms in total. The summed E-state index contributed by atoms with van der Waals surface area (Å²) in [6.07, 6.45) is -0.422. The van der Waals surface area contributed by atoms with Gasteiger partial charge in [-0.25, -0.2) is 9.18 Å². The van der Waals surface area contributed by atoms with Crippen LogP contribution in [0.4, 0.5) is 9.18 Å². The standard InChI is InChI=1S/C20H24ClFN2O3/c1-4-17(23)15-9-10-16(21)19(18(15)22)27-14-8-6-7-13(11-14)12(3)26-20(25)24-5-2/h6-12,17H,4-5,23H2,1-3H3,(H,24,25)/t12-,17+/m1/s1. The van der Waals surface area contributed by atoms with Gasteiger partial charge in [0.2, 0.25) is 0 Å². The lowest BCUT2D eigenvalue weighted by Crippen LogP contribution is -2.24. The van der Waals surface area contributed by atoms with Gasteiger partial charge in [-0.15, -0.1) is 0 Å². The van der Waals surface area contributed by atoms with Gasteiger partial charge >= 0.3 is 6.09 Å². The summed E-state index contributed by atoms with van der Waals surface area (Å²) >= 11 is 6.12. The Hall–Kier alpha value is -2.31. The van der Waals surface area contributed by atoms with Crippen molar-refractivity contribution in [2.75, 3.05) is 6.54 Å². The number of benzene rings is 2. The number of carbonyl (C=O) groups excluding carboxylic acids is 1. The van der Waals surface area contributed by atoms with Crippen molar-refractivity contribution in [3.63, 3.8) is 0 Å². The topological polar surface area (TPSA) is 73.6 Å². The van der Waals surface area contributed by atoms with Crippen LogP contribution in [-0.2, 0) is 4.74 Å². The summed E-state index contributed by atoms with van der Waals surface area (Å²) in [5.41, 5.74) is 7.00. The minimum absolute atomic E-state index is 0.0764. The van der Waals surface area contributed by atoms with Gasteiger partial charge in [-0.05, 0) is 44.0 Å². The number of hydrogen-bond acceptors (Lipinski definition) is 4.